The minimum Gasteiger partial charge on any atom is -0.357 e. The first-order valence-corrected chi connectivity index (χ1v) is 10.7. The molecule has 3 amide bonds. The fraction of sp³-hybridized carbons (Fsp3) is 0.435. The Morgan fingerprint density at radius 2 is 2.10 bits per heavy atom. The molecule has 4 rings (SSSR count). The maximum absolute atomic E-state index is 12.9. The molecule has 0 bridgehead atoms. The third kappa shape index (κ3) is 4.02. The van der Waals surface area contributed by atoms with Gasteiger partial charge in [-0.2, -0.15) is 0 Å². The Kier molecular flexibility index (Phi) is 5.71. The molecule has 0 spiro atoms. The van der Waals surface area contributed by atoms with Crippen molar-refractivity contribution < 1.29 is 14.4 Å². The molecule has 8 nitrogen and oxygen atoms in total. The van der Waals surface area contributed by atoms with Crippen LogP contribution in [0.3, 0.4) is 0 Å². The number of allylic oxidation sites excluding steroid dienone is 2. The third-order valence-electron chi connectivity index (χ3n) is 5.85. The van der Waals surface area contributed by atoms with E-state index in [2.05, 4.69) is 15.3 Å². The summed E-state index contributed by atoms with van der Waals surface area (Å²) in [7, 11) is 1.71. The summed E-state index contributed by atoms with van der Waals surface area (Å²) in [6.45, 7) is 4.41. The number of aliphatic imine (C=N–C) groups is 1. The zero-order chi connectivity index (χ0) is 22.1. The van der Waals surface area contributed by atoms with Crippen molar-refractivity contribution in [3.05, 3.63) is 40.7 Å². The van der Waals surface area contributed by atoms with E-state index in [4.69, 9.17) is 0 Å². The van der Waals surface area contributed by atoms with Gasteiger partial charge in [-0.3, -0.25) is 24.3 Å². The van der Waals surface area contributed by atoms with Gasteiger partial charge in [0.05, 0.1) is 6.54 Å². The molecule has 1 aliphatic carbocycles. The number of carbonyl (C=O) groups is 3. The van der Waals surface area contributed by atoms with Crippen molar-refractivity contribution in [2.75, 3.05) is 25.5 Å². The maximum atomic E-state index is 12.9. The van der Waals surface area contributed by atoms with Gasteiger partial charge in [-0.05, 0) is 56.7 Å². The SMILES string of the molecule is C/C=C(\C=NC)c1cnc(NC(=O)CN2CCCC3=C2C(=O)N(C2CC2)C3=O)c(C)c1. The molecule has 0 radical (unpaired) electrons. The van der Waals surface area contributed by atoms with Gasteiger partial charge in [-0.25, -0.2) is 4.98 Å². The number of pyridine rings is 1. The first kappa shape index (κ1) is 21.0. The van der Waals surface area contributed by atoms with Gasteiger partial charge in [0.15, 0.2) is 0 Å². The summed E-state index contributed by atoms with van der Waals surface area (Å²) in [5.74, 6) is -0.192. The standard InChI is InChI=1S/C23H27N5O3/c1-4-15(11-24-3)16-10-14(2)21(25-12-16)26-19(29)13-27-9-5-6-18-20(27)23(31)28(22(18)30)17-7-8-17/h4,10-12,17H,5-9,13H2,1-3H3,(H,25,26,29)/b15-4+,24-11?. The summed E-state index contributed by atoms with van der Waals surface area (Å²) in [4.78, 5) is 49.9. The van der Waals surface area contributed by atoms with Crippen LogP contribution in [0.15, 0.2) is 34.6 Å². The van der Waals surface area contributed by atoms with Gasteiger partial charge in [0.1, 0.15) is 11.5 Å². The van der Waals surface area contributed by atoms with Crippen LogP contribution < -0.4 is 5.32 Å². The predicted octanol–water partition coefficient (Wildman–Crippen LogP) is 2.31. The summed E-state index contributed by atoms with van der Waals surface area (Å²) in [5, 5.41) is 2.85. The molecule has 1 N–H and O–H groups in total. The predicted molar refractivity (Wildman–Crippen MR) is 118 cm³/mol. The van der Waals surface area contributed by atoms with E-state index in [1.54, 1.807) is 24.4 Å². The lowest BCUT2D eigenvalue weighted by molar-refractivity contribution is -0.138. The van der Waals surface area contributed by atoms with E-state index >= 15 is 0 Å². The molecule has 0 aromatic carbocycles. The molecular weight excluding hydrogens is 394 g/mol. The summed E-state index contributed by atoms with van der Waals surface area (Å²) in [6.07, 6.45) is 8.51. The first-order chi connectivity index (χ1) is 14.9. The lowest BCUT2D eigenvalue weighted by Crippen LogP contribution is -2.40. The molecule has 8 heteroatoms. The van der Waals surface area contributed by atoms with Gasteiger partial charge in [-0.15, -0.1) is 0 Å². The Morgan fingerprint density at radius 3 is 2.74 bits per heavy atom. The maximum Gasteiger partial charge on any atom is 0.277 e. The third-order valence-corrected chi connectivity index (χ3v) is 5.85. The van der Waals surface area contributed by atoms with Gasteiger partial charge in [0.2, 0.25) is 5.91 Å². The molecule has 31 heavy (non-hydrogen) atoms. The minimum atomic E-state index is -0.261. The van der Waals surface area contributed by atoms with Crippen molar-refractivity contribution in [3.8, 4) is 0 Å². The van der Waals surface area contributed by atoms with Gasteiger partial charge < -0.3 is 10.2 Å². The topological polar surface area (TPSA) is 95.0 Å². The number of hydrogen-bond acceptors (Lipinski definition) is 6. The molecular formula is C23H27N5O3. The smallest absolute Gasteiger partial charge is 0.277 e. The van der Waals surface area contributed by atoms with Crippen molar-refractivity contribution in [2.24, 2.45) is 4.99 Å². The molecule has 1 saturated carbocycles. The molecule has 162 valence electrons. The molecule has 1 aromatic heterocycles. The van der Waals surface area contributed by atoms with Crippen molar-refractivity contribution in [1.29, 1.82) is 0 Å². The van der Waals surface area contributed by atoms with Crippen LogP contribution in [0.1, 0.15) is 43.7 Å². The van der Waals surface area contributed by atoms with Gasteiger partial charge >= 0.3 is 0 Å². The number of aromatic nitrogens is 1. The van der Waals surface area contributed by atoms with Crippen LogP contribution in [0.25, 0.3) is 5.57 Å². The zero-order valence-electron chi connectivity index (χ0n) is 18.1. The fourth-order valence-corrected chi connectivity index (χ4v) is 4.18. The van der Waals surface area contributed by atoms with Crippen LogP contribution >= 0.6 is 0 Å². The summed E-state index contributed by atoms with van der Waals surface area (Å²) >= 11 is 0. The summed E-state index contributed by atoms with van der Waals surface area (Å²) in [6, 6.07) is 1.99. The van der Waals surface area contributed by atoms with Crippen LogP contribution in [-0.4, -0.2) is 64.9 Å². The number of anilines is 1. The quantitative estimate of drug-likeness (QED) is 0.562. The molecule has 3 heterocycles. The van der Waals surface area contributed by atoms with Crippen molar-refractivity contribution in [1.82, 2.24) is 14.8 Å². The Labute approximate surface area is 181 Å². The molecule has 3 aliphatic rings. The van der Waals surface area contributed by atoms with Crippen LogP contribution in [0, 0.1) is 6.92 Å². The Morgan fingerprint density at radius 1 is 1.32 bits per heavy atom. The van der Waals surface area contributed by atoms with Crippen molar-refractivity contribution >= 4 is 35.3 Å². The van der Waals surface area contributed by atoms with Crippen LogP contribution in [0.5, 0.6) is 0 Å². The highest BCUT2D eigenvalue weighted by molar-refractivity contribution is 6.19. The highest BCUT2D eigenvalue weighted by Gasteiger charge is 2.48. The average Bonchev–Trinajstić information content (AvgIpc) is 3.54. The first-order valence-electron chi connectivity index (χ1n) is 10.7. The normalized spacial score (nSPS) is 19.5. The molecule has 0 unspecified atom stereocenters. The fourth-order valence-electron chi connectivity index (χ4n) is 4.18. The average molecular weight is 422 g/mol. The lowest BCUT2D eigenvalue weighted by atomic mass is 10.0. The Balaban J connectivity index is 1.46. The number of nitrogens with one attached hydrogen (secondary N) is 1. The number of aryl methyl sites for hydroxylation is 1. The summed E-state index contributed by atoms with van der Waals surface area (Å²) in [5.41, 5.74) is 3.68. The number of imide groups is 1. The number of carbonyl (C=O) groups excluding carboxylic acids is 3. The Hall–Kier alpha value is -3.29. The Bertz CT molecular complexity index is 1040. The van der Waals surface area contributed by atoms with Crippen molar-refractivity contribution in [2.45, 2.75) is 45.6 Å². The molecule has 1 aromatic rings. The van der Waals surface area contributed by atoms with Gasteiger partial charge in [-0.1, -0.05) is 6.08 Å². The highest BCUT2D eigenvalue weighted by Crippen LogP contribution is 2.38. The zero-order valence-corrected chi connectivity index (χ0v) is 18.1. The van der Waals surface area contributed by atoms with Crippen LogP contribution in [0.2, 0.25) is 0 Å². The second-order valence-corrected chi connectivity index (χ2v) is 8.13. The van der Waals surface area contributed by atoms with E-state index in [1.807, 2.05) is 26.0 Å². The molecule has 1 fully saturated rings. The molecule has 0 atom stereocenters. The lowest BCUT2D eigenvalue weighted by Gasteiger charge is -2.28. The van der Waals surface area contributed by atoms with Gasteiger partial charge in [0.25, 0.3) is 11.8 Å². The summed E-state index contributed by atoms with van der Waals surface area (Å²) < 4.78 is 0. The number of nitrogens with zero attached hydrogens (tertiary/aromatic N) is 4. The van der Waals surface area contributed by atoms with E-state index in [9.17, 15) is 14.4 Å². The van der Waals surface area contributed by atoms with E-state index < -0.39 is 0 Å². The van der Waals surface area contributed by atoms with E-state index in [0.29, 0.717) is 30.1 Å². The van der Waals surface area contributed by atoms with Crippen LogP contribution in [0.4, 0.5) is 5.82 Å². The highest BCUT2D eigenvalue weighted by atomic mass is 16.2. The molecule has 2 aliphatic heterocycles. The van der Waals surface area contributed by atoms with E-state index in [1.165, 1.54) is 4.90 Å². The minimum absolute atomic E-state index is 0.0157. The second kappa shape index (κ2) is 8.45. The largest absolute Gasteiger partial charge is 0.357 e. The van der Waals surface area contributed by atoms with Crippen LogP contribution in [-0.2, 0) is 14.4 Å². The number of amides is 3. The van der Waals surface area contributed by atoms with E-state index in [-0.39, 0.29) is 30.3 Å². The number of hydrogen-bond donors (Lipinski definition) is 1. The number of rotatable bonds is 6. The molecule has 0 saturated heterocycles. The van der Waals surface area contributed by atoms with Crippen molar-refractivity contribution in [3.63, 3.8) is 0 Å². The monoisotopic (exact) mass is 421 g/mol. The second-order valence-electron chi connectivity index (χ2n) is 8.13. The van der Waals surface area contributed by atoms with E-state index in [0.717, 1.165) is 36.0 Å². The van der Waals surface area contributed by atoms with Gasteiger partial charge in [0, 0.05) is 43.2 Å².